The van der Waals surface area contributed by atoms with Gasteiger partial charge in [-0.2, -0.15) is 18.6 Å². The highest BCUT2D eigenvalue weighted by atomic mass is 35.5. The Labute approximate surface area is 360 Å². The molecule has 2 heterocycles. The van der Waals surface area contributed by atoms with Gasteiger partial charge in [-0.05, 0) is 110 Å². The van der Waals surface area contributed by atoms with E-state index >= 15 is 0 Å². The van der Waals surface area contributed by atoms with Gasteiger partial charge in [-0.3, -0.25) is 13.8 Å². The molecule has 2 aromatic heterocycles. The topological polar surface area (TPSA) is 150 Å². The van der Waals surface area contributed by atoms with Crippen LogP contribution in [0.3, 0.4) is 0 Å². The number of benzene rings is 3. The lowest BCUT2D eigenvalue weighted by Gasteiger charge is -2.21. The lowest BCUT2D eigenvalue weighted by Crippen LogP contribution is -2.36. The lowest BCUT2D eigenvalue weighted by molar-refractivity contribution is 0.149. The molecule has 60 heavy (non-hydrogen) atoms. The average Bonchev–Trinajstić information content (AvgIpc) is 3.17. The van der Waals surface area contributed by atoms with Crippen LogP contribution in [0.2, 0.25) is 10.0 Å². The Morgan fingerprint density at radius 2 is 1.05 bits per heavy atom. The van der Waals surface area contributed by atoms with Crippen LogP contribution >= 0.6 is 23.2 Å². The molecule has 0 bridgehead atoms. The molecular formula is C43H51Cl2FN4O9S. The first-order valence-electron chi connectivity index (χ1n) is 18.9. The van der Waals surface area contributed by atoms with Gasteiger partial charge in [0.1, 0.15) is 50.2 Å². The highest BCUT2D eigenvalue weighted by Gasteiger charge is 2.22. The third-order valence-electron chi connectivity index (χ3n) is 8.25. The van der Waals surface area contributed by atoms with Crippen molar-refractivity contribution in [1.29, 1.82) is 0 Å². The number of ether oxygens (including phenoxy) is 4. The maximum absolute atomic E-state index is 12.8. The van der Waals surface area contributed by atoms with E-state index in [0.717, 1.165) is 16.7 Å². The Morgan fingerprint density at radius 1 is 0.650 bits per heavy atom. The molecule has 0 aliphatic heterocycles. The van der Waals surface area contributed by atoms with Crippen molar-refractivity contribution in [3.63, 3.8) is 0 Å². The van der Waals surface area contributed by atoms with Crippen LogP contribution in [-0.4, -0.2) is 53.5 Å². The molecule has 3 aromatic carbocycles. The van der Waals surface area contributed by atoms with E-state index in [0.29, 0.717) is 11.5 Å². The maximum atomic E-state index is 12.8. The number of halogens is 3. The van der Waals surface area contributed by atoms with Gasteiger partial charge in [-0.15, -0.1) is 0 Å². The van der Waals surface area contributed by atoms with Crippen molar-refractivity contribution in [3.05, 3.63) is 133 Å². The fourth-order valence-electron chi connectivity index (χ4n) is 5.11. The van der Waals surface area contributed by atoms with Crippen LogP contribution in [0.1, 0.15) is 72.1 Å². The zero-order valence-electron chi connectivity index (χ0n) is 35.1. The van der Waals surface area contributed by atoms with Crippen LogP contribution < -0.4 is 30.1 Å². The maximum Gasteiger partial charge on any atom is 0.297 e. The first kappa shape index (κ1) is 47.7. The standard InChI is InChI=1S/C25H29ClN2O6S.C18H22ClFN2O3/c1-17-6-12-21(13-7-17)35(30,31)34-18(2)15-32-20-10-8-19(9-11-20)16-33-22-14-27-28(25(3,4)5)24(29)23(22)26;1-12(20)10-24-14-7-5-13(6-8-14)11-25-15-9-21-22(18(2,3)4)17(23)16(15)19/h6-14,18H,15-16H2,1-5H3;5-9,12H,10-11H2,1-4H3. The van der Waals surface area contributed by atoms with Crippen molar-refractivity contribution in [3.8, 4) is 23.0 Å². The quantitative estimate of drug-likeness (QED) is 0.0930. The van der Waals surface area contributed by atoms with Crippen molar-refractivity contribution in [2.75, 3.05) is 13.2 Å². The number of aromatic nitrogens is 4. The zero-order chi connectivity index (χ0) is 44.4. The zero-order valence-corrected chi connectivity index (χ0v) is 37.4. The van der Waals surface area contributed by atoms with Crippen LogP contribution in [0.15, 0.2) is 99.7 Å². The number of hydrogen-bond donors (Lipinski definition) is 0. The van der Waals surface area contributed by atoms with E-state index < -0.39 is 44.6 Å². The fourth-order valence-corrected chi connectivity index (χ4v) is 6.54. The number of alkyl halides is 1. The molecule has 0 fully saturated rings. The average molecular weight is 890 g/mol. The molecule has 17 heteroatoms. The summed E-state index contributed by atoms with van der Waals surface area (Å²) >= 11 is 12.3. The van der Waals surface area contributed by atoms with Crippen molar-refractivity contribution >= 4 is 33.3 Å². The summed E-state index contributed by atoms with van der Waals surface area (Å²) in [5.41, 5.74) is 0.865. The second-order valence-corrected chi connectivity index (χ2v) is 18.2. The third-order valence-corrected chi connectivity index (χ3v) is 10.4. The molecule has 0 radical (unpaired) electrons. The molecule has 0 spiro atoms. The van der Waals surface area contributed by atoms with Gasteiger partial charge in [-0.1, -0.05) is 65.2 Å². The fraction of sp³-hybridized carbons (Fsp3) is 0.395. The smallest absolute Gasteiger partial charge is 0.297 e. The minimum atomic E-state index is -3.87. The van der Waals surface area contributed by atoms with Crippen LogP contribution in [0.25, 0.3) is 0 Å². The van der Waals surface area contributed by atoms with Gasteiger partial charge in [-0.25, -0.2) is 13.8 Å². The molecular weight excluding hydrogens is 838 g/mol. The Morgan fingerprint density at radius 3 is 1.43 bits per heavy atom. The van der Waals surface area contributed by atoms with Crippen LogP contribution in [0.4, 0.5) is 4.39 Å². The second-order valence-electron chi connectivity index (χ2n) is 15.9. The number of aryl methyl sites for hydroxylation is 1. The van der Waals surface area contributed by atoms with Crippen molar-refractivity contribution in [2.24, 2.45) is 0 Å². The van der Waals surface area contributed by atoms with Crippen LogP contribution in [-0.2, 0) is 38.6 Å². The molecule has 0 N–H and O–H groups in total. The summed E-state index contributed by atoms with van der Waals surface area (Å²) in [6.45, 7) is 16.6. The first-order valence-corrected chi connectivity index (χ1v) is 21.1. The van der Waals surface area contributed by atoms with Gasteiger partial charge in [0.05, 0.1) is 28.4 Å². The highest BCUT2D eigenvalue weighted by molar-refractivity contribution is 7.86. The summed E-state index contributed by atoms with van der Waals surface area (Å²) < 4.78 is 67.6. The minimum absolute atomic E-state index is 0.00168. The predicted octanol–water partition coefficient (Wildman–Crippen LogP) is 8.68. The van der Waals surface area contributed by atoms with Gasteiger partial charge < -0.3 is 18.9 Å². The van der Waals surface area contributed by atoms with Gasteiger partial charge in [0, 0.05) is 0 Å². The van der Waals surface area contributed by atoms with E-state index in [1.54, 1.807) is 67.6 Å². The minimum Gasteiger partial charge on any atom is -0.491 e. The van der Waals surface area contributed by atoms with Crippen molar-refractivity contribution in [1.82, 2.24) is 19.6 Å². The summed E-state index contributed by atoms with van der Waals surface area (Å²) in [4.78, 5) is 24.8. The summed E-state index contributed by atoms with van der Waals surface area (Å²) in [7, 11) is -3.87. The van der Waals surface area contributed by atoms with Gasteiger partial charge in [0.25, 0.3) is 21.2 Å². The molecule has 0 saturated carbocycles. The number of hydrogen-bond acceptors (Lipinski definition) is 11. The molecule has 0 aliphatic rings. The van der Waals surface area contributed by atoms with Crippen LogP contribution in [0.5, 0.6) is 23.0 Å². The molecule has 2 unspecified atom stereocenters. The Hall–Kier alpha value is -4.96. The van der Waals surface area contributed by atoms with E-state index in [-0.39, 0.29) is 52.9 Å². The normalized spacial score (nSPS) is 12.8. The summed E-state index contributed by atoms with van der Waals surface area (Å²) in [5.74, 6) is 1.57. The second kappa shape index (κ2) is 20.5. The van der Waals surface area contributed by atoms with Gasteiger partial charge >= 0.3 is 0 Å². The molecule has 324 valence electrons. The van der Waals surface area contributed by atoms with Gasteiger partial charge in [0.15, 0.2) is 21.5 Å². The number of nitrogens with zero attached hydrogens (tertiary/aromatic N) is 4. The number of rotatable bonds is 15. The molecule has 2 atom stereocenters. The van der Waals surface area contributed by atoms with E-state index in [2.05, 4.69) is 10.2 Å². The SMILES string of the molecule is CC(F)COc1ccc(COc2cnn(C(C)(C)C)c(=O)c2Cl)cc1.Cc1ccc(S(=O)(=O)OC(C)COc2ccc(COc3cnn(C(C)(C)C)c(=O)c3Cl)cc2)cc1. The molecule has 5 aromatic rings. The predicted molar refractivity (Wildman–Crippen MR) is 229 cm³/mol. The van der Waals surface area contributed by atoms with E-state index in [1.807, 2.05) is 48.5 Å². The van der Waals surface area contributed by atoms with Gasteiger partial charge in [0.2, 0.25) is 0 Å². The van der Waals surface area contributed by atoms with E-state index in [9.17, 15) is 22.4 Å². The highest BCUT2D eigenvalue weighted by Crippen LogP contribution is 2.24. The molecule has 0 aliphatic carbocycles. The Balaban J connectivity index is 0.000000280. The van der Waals surface area contributed by atoms with E-state index in [4.69, 9.17) is 46.3 Å². The van der Waals surface area contributed by atoms with Crippen molar-refractivity contribution < 1.29 is 35.9 Å². The Bertz CT molecular complexity index is 2410. The molecule has 13 nitrogen and oxygen atoms in total. The summed E-state index contributed by atoms with van der Waals surface area (Å²) in [6.07, 6.45) is 1.16. The Kier molecular flexibility index (Phi) is 16.3. The molecule has 0 amide bonds. The third kappa shape index (κ3) is 13.8. The largest absolute Gasteiger partial charge is 0.491 e. The molecule has 5 rings (SSSR count). The van der Waals surface area contributed by atoms with Crippen molar-refractivity contribution in [2.45, 2.75) is 104 Å². The first-order chi connectivity index (χ1) is 28.0. The molecule has 0 saturated heterocycles. The lowest BCUT2D eigenvalue weighted by atomic mass is 10.1. The summed E-state index contributed by atoms with van der Waals surface area (Å²) in [6, 6.07) is 20.6. The monoisotopic (exact) mass is 888 g/mol. The summed E-state index contributed by atoms with van der Waals surface area (Å²) in [5, 5.41) is 8.24. The van der Waals surface area contributed by atoms with Crippen LogP contribution in [0, 0.1) is 6.92 Å². The van der Waals surface area contributed by atoms with E-state index in [1.165, 1.54) is 40.8 Å².